The Balaban J connectivity index is 1.58. The molecule has 2 heteroatoms. The lowest BCUT2D eigenvalue weighted by Crippen LogP contribution is -2.05. The van der Waals surface area contributed by atoms with Gasteiger partial charge in [0.05, 0.1) is 17.8 Å². The second-order valence-electron chi connectivity index (χ2n) is 6.29. The van der Waals surface area contributed by atoms with Gasteiger partial charge in [-0.3, -0.25) is 4.98 Å². The maximum absolute atomic E-state index is 4.79. The van der Waals surface area contributed by atoms with Gasteiger partial charge in [-0.25, -0.2) is 0 Å². The van der Waals surface area contributed by atoms with Crippen molar-refractivity contribution in [2.45, 2.75) is 19.9 Å². The molecule has 2 nitrogen and oxygen atoms in total. The number of para-hydroxylation sites is 1. The number of aromatic nitrogens is 2. The Hall–Kier alpha value is -2.87. The first-order valence-corrected chi connectivity index (χ1v) is 8.32. The third-order valence-electron chi connectivity index (χ3n) is 4.42. The summed E-state index contributed by atoms with van der Waals surface area (Å²) in [6.45, 7) is 2.93. The number of rotatable bonds is 4. The standard InChI is InChI=1S/C22H20N2/c1-17-8-10-18(11-9-17)15-21-6-4-14-24(21)16-20-13-12-19-5-2-3-7-22(19)23-20/h2-14H,15-16H2,1H3. The molecule has 0 N–H and O–H groups in total. The Kier molecular flexibility index (Phi) is 3.87. The molecular weight excluding hydrogens is 292 g/mol. The van der Waals surface area contributed by atoms with Crippen molar-refractivity contribution in [2.24, 2.45) is 0 Å². The molecule has 118 valence electrons. The van der Waals surface area contributed by atoms with Crippen LogP contribution in [0.2, 0.25) is 0 Å². The van der Waals surface area contributed by atoms with Crippen LogP contribution in [0.5, 0.6) is 0 Å². The molecule has 2 heterocycles. The van der Waals surface area contributed by atoms with E-state index in [0.29, 0.717) is 0 Å². The van der Waals surface area contributed by atoms with E-state index in [-0.39, 0.29) is 0 Å². The summed E-state index contributed by atoms with van der Waals surface area (Å²) in [6, 6.07) is 25.6. The molecular formula is C22H20N2. The topological polar surface area (TPSA) is 17.8 Å². The minimum atomic E-state index is 0.805. The summed E-state index contributed by atoms with van der Waals surface area (Å²) in [5.74, 6) is 0. The first-order valence-electron chi connectivity index (χ1n) is 8.32. The van der Waals surface area contributed by atoms with Crippen molar-refractivity contribution < 1.29 is 0 Å². The Bertz CT molecular complexity index is 965. The van der Waals surface area contributed by atoms with E-state index in [1.807, 2.05) is 6.07 Å². The van der Waals surface area contributed by atoms with Crippen LogP contribution in [-0.2, 0) is 13.0 Å². The van der Waals surface area contributed by atoms with Crippen molar-refractivity contribution in [3.8, 4) is 0 Å². The molecule has 0 saturated carbocycles. The fourth-order valence-electron chi connectivity index (χ4n) is 3.05. The summed E-state index contributed by atoms with van der Waals surface area (Å²) in [5.41, 5.74) is 6.10. The summed E-state index contributed by atoms with van der Waals surface area (Å²) in [4.78, 5) is 4.79. The molecule has 0 aliphatic carbocycles. The van der Waals surface area contributed by atoms with Gasteiger partial charge in [0.25, 0.3) is 0 Å². The lowest BCUT2D eigenvalue weighted by Gasteiger charge is -2.10. The van der Waals surface area contributed by atoms with Crippen molar-refractivity contribution in [2.75, 3.05) is 0 Å². The van der Waals surface area contributed by atoms with Crippen LogP contribution in [0.15, 0.2) is 79.0 Å². The van der Waals surface area contributed by atoms with Crippen molar-refractivity contribution in [1.82, 2.24) is 9.55 Å². The first-order chi connectivity index (χ1) is 11.8. The van der Waals surface area contributed by atoms with E-state index in [9.17, 15) is 0 Å². The maximum atomic E-state index is 4.79. The quantitative estimate of drug-likeness (QED) is 0.519. The molecule has 4 rings (SSSR count). The van der Waals surface area contributed by atoms with Gasteiger partial charge < -0.3 is 4.57 Å². The van der Waals surface area contributed by atoms with Crippen LogP contribution >= 0.6 is 0 Å². The molecule has 4 aromatic rings. The van der Waals surface area contributed by atoms with Crippen LogP contribution in [0.4, 0.5) is 0 Å². The van der Waals surface area contributed by atoms with E-state index < -0.39 is 0 Å². The predicted octanol–water partition coefficient (Wildman–Crippen LogP) is 4.98. The molecule has 0 bridgehead atoms. The molecule has 2 aromatic carbocycles. The lowest BCUT2D eigenvalue weighted by molar-refractivity contribution is 0.742. The molecule has 0 fully saturated rings. The smallest absolute Gasteiger partial charge is 0.0706 e. The summed E-state index contributed by atoms with van der Waals surface area (Å²) < 4.78 is 2.29. The molecule has 0 saturated heterocycles. The molecule has 0 spiro atoms. The van der Waals surface area contributed by atoms with Gasteiger partial charge in [-0.05, 0) is 36.8 Å². The Morgan fingerprint density at radius 2 is 1.67 bits per heavy atom. The number of aryl methyl sites for hydroxylation is 1. The second kappa shape index (κ2) is 6.32. The molecule has 24 heavy (non-hydrogen) atoms. The van der Waals surface area contributed by atoms with Crippen LogP contribution in [0.3, 0.4) is 0 Å². The fourth-order valence-corrected chi connectivity index (χ4v) is 3.05. The van der Waals surface area contributed by atoms with E-state index in [1.165, 1.54) is 22.2 Å². The summed E-state index contributed by atoms with van der Waals surface area (Å²) in [5, 5.41) is 1.19. The van der Waals surface area contributed by atoms with E-state index >= 15 is 0 Å². The Labute approximate surface area is 142 Å². The van der Waals surface area contributed by atoms with E-state index in [4.69, 9.17) is 4.98 Å². The van der Waals surface area contributed by atoms with E-state index in [0.717, 1.165) is 24.2 Å². The highest BCUT2D eigenvalue weighted by atomic mass is 15.0. The molecule has 0 aliphatic rings. The summed E-state index contributed by atoms with van der Waals surface area (Å²) >= 11 is 0. The van der Waals surface area contributed by atoms with Crippen LogP contribution in [0, 0.1) is 6.92 Å². The third-order valence-corrected chi connectivity index (χ3v) is 4.42. The zero-order valence-corrected chi connectivity index (χ0v) is 13.8. The minimum absolute atomic E-state index is 0.805. The second-order valence-corrected chi connectivity index (χ2v) is 6.29. The zero-order valence-electron chi connectivity index (χ0n) is 13.8. The van der Waals surface area contributed by atoms with E-state index in [1.54, 1.807) is 0 Å². The number of benzene rings is 2. The number of pyridine rings is 1. The van der Waals surface area contributed by atoms with Crippen molar-refractivity contribution in [3.05, 3.63) is 102 Å². The molecule has 2 aromatic heterocycles. The minimum Gasteiger partial charge on any atom is -0.345 e. The lowest BCUT2D eigenvalue weighted by atomic mass is 10.1. The van der Waals surface area contributed by atoms with E-state index in [2.05, 4.69) is 84.4 Å². The molecule has 0 radical (unpaired) electrons. The first kappa shape index (κ1) is 14.7. The molecule has 0 atom stereocenters. The predicted molar refractivity (Wildman–Crippen MR) is 99.3 cm³/mol. The molecule has 0 amide bonds. The van der Waals surface area contributed by atoms with Gasteiger partial charge in [-0.15, -0.1) is 0 Å². The van der Waals surface area contributed by atoms with Crippen LogP contribution in [0.25, 0.3) is 10.9 Å². The molecule has 0 unspecified atom stereocenters. The van der Waals surface area contributed by atoms with Gasteiger partial charge in [-0.2, -0.15) is 0 Å². The van der Waals surface area contributed by atoms with Crippen LogP contribution < -0.4 is 0 Å². The van der Waals surface area contributed by atoms with Gasteiger partial charge in [-0.1, -0.05) is 54.1 Å². The zero-order chi connectivity index (χ0) is 16.4. The average molecular weight is 312 g/mol. The van der Waals surface area contributed by atoms with Gasteiger partial charge in [0.15, 0.2) is 0 Å². The number of hydrogen-bond acceptors (Lipinski definition) is 1. The highest BCUT2D eigenvalue weighted by molar-refractivity contribution is 5.78. The number of hydrogen-bond donors (Lipinski definition) is 0. The van der Waals surface area contributed by atoms with Crippen molar-refractivity contribution in [3.63, 3.8) is 0 Å². The highest BCUT2D eigenvalue weighted by Gasteiger charge is 2.05. The number of fused-ring (bicyclic) bond motifs is 1. The summed E-state index contributed by atoms with van der Waals surface area (Å²) in [7, 11) is 0. The number of nitrogens with zero attached hydrogens (tertiary/aromatic N) is 2. The fraction of sp³-hybridized carbons (Fsp3) is 0.136. The van der Waals surface area contributed by atoms with Crippen LogP contribution in [0.1, 0.15) is 22.5 Å². The Morgan fingerprint density at radius 3 is 2.54 bits per heavy atom. The van der Waals surface area contributed by atoms with Gasteiger partial charge in [0, 0.05) is 23.7 Å². The normalized spacial score (nSPS) is 11.0. The summed E-state index contributed by atoms with van der Waals surface area (Å²) in [6.07, 6.45) is 3.08. The molecule has 0 aliphatic heterocycles. The van der Waals surface area contributed by atoms with Gasteiger partial charge >= 0.3 is 0 Å². The third kappa shape index (κ3) is 3.09. The van der Waals surface area contributed by atoms with Crippen LogP contribution in [-0.4, -0.2) is 9.55 Å². The average Bonchev–Trinajstić information content (AvgIpc) is 3.04. The SMILES string of the molecule is Cc1ccc(Cc2cccn2Cc2ccc3ccccc3n2)cc1. The highest BCUT2D eigenvalue weighted by Crippen LogP contribution is 2.16. The Morgan fingerprint density at radius 1 is 0.833 bits per heavy atom. The van der Waals surface area contributed by atoms with Gasteiger partial charge in [0.2, 0.25) is 0 Å². The van der Waals surface area contributed by atoms with Crippen molar-refractivity contribution in [1.29, 1.82) is 0 Å². The van der Waals surface area contributed by atoms with Crippen molar-refractivity contribution >= 4 is 10.9 Å². The monoisotopic (exact) mass is 312 g/mol. The van der Waals surface area contributed by atoms with Gasteiger partial charge in [0.1, 0.15) is 0 Å². The maximum Gasteiger partial charge on any atom is 0.0706 e. The largest absolute Gasteiger partial charge is 0.345 e.